The number of hydrogen-bond donors (Lipinski definition) is 3. The second-order valence-electron chi connectivity index (χ2n) is 5.73. The van der Waals surface area contributed by atoms with Gasteiger partial charge >= 0.3 is 0 Å². The molecule has 7 heteroatoms. The normalized spacial score (nSPS) is 11.4. The van der Waals surface area contributed by atoms with Crippen molar-refractivity contribution in [2.45, 2.75) is 6.04 Å². The van der Waals surface area contributed by atoms with E-state index in [2.05, 4.69) is 10.6 Å². The molecule has 3 rings (SSSR count). The number of hydrogen-bond acceptors (Lipinski definition) is 4. The SMILES string of the molecule is NC(=O)c1cccc(NC(=O)C(NC(=O)c2cccs2)c2ccccc2)c1. The van der Waals surface area contributed by atoms with Crippen molar-refractivity contribution in [3.63, 3.8) is 0 Å². The first-order chi connectivity index (χ1) is 13.0. The number of rotatable bonds is 6. The number of thiophene rings is 1. The third-order valence-corrected chi connectivity index (χ3v) is 4.70. The monoisotopic (exact) mass is 379 g/mol. The van der Waals surface area contributed by atoms with Crippen molar-refractivity contribution >= 4 is 34.7 Å². The Labute approximate surface area is 160 Å². The lowest BCUT2D eigenvalue weighted by Gasteiger charge is -2.19. The average Bonchev–Trinajstić information content (AvgIpc) is 3.21. The zero-order chi connectivity index (χ0) is 19.2. The maximum atomic E-state index is 12.9. The molecule has 136 valence electrons. The first kappa shape index (κ1) is 18.3. The van der Waals surface area contributed by atoms with Crippen LogP contribution in [0.2, 0.25) is 0 Å². The maximum Gasteiger partial charge on any atom is 0.262 e. The highest BCUT2D eigenvalue weighted by atomic mass is 32.1. The summed E-state index contributed by atoms with van der Waals surface area (Å²) < 4.78 is 0. The van der Waals surface area contributed by atoms with E-state index in [0.29, 0.717) is 16.1 Å². The van der Waals surface area contributed by atoms with E-state index >= 15 is 0 Å². The van der Waals surface area contributed by atoms with Crippen molar-refractivity contribution < 1.29 is 14.4 Å². The zero-order valence-electron chi connectivity index (χ0n) is 14.2. The molecule has 4 N–H and O–H groups in total. The van der Waals surface area contributed by atoms with Gasteiger partial charge in [0.25, 0.3) is 11.8 Å². The Morgan fingerprint density at radius 1 is 0.926 bits per heavy atom. The van der Waals surface area contributed by atoms with Gasteiger partial charge in [0.15, 0.2) is 0 Å². The van der Waals surface area contributed by atoms with Crippen LogP contribution in [0.25, 0.3) is 0 Å². The van der Waals surface area contributed by atoms with Crippen LogP contribution in [0.15, 0.2) is 72.1 Å². The Morgan fingerprint density at radius 2 is 1.70 bits per heavy atom. The Balaban J connectivity index is 1.84. The fourth-order valence-electron chi connectivity index (χ4n) is 2.52. The van der Waals surface area contributed by atoms with Crippen LogP contribution < -0.4 is 16.4 Å². The lowest BCUT2D eigenvalue weighted by Crippen LogP contribution is -2.36. The molecule has 0 bridgehead atoms. The van der Waals surface area contributed by atoms with Crippen molar-refractivity contribution in [2.24, 2.45) is 5.73 Å². The fraction of sp³-hybridized carbons (Fsp3) is 0.0500. The Bertz CT molecular complexity index is 956. The highest BCUT2D eigenvalue weighted by Gasteiger charge is 2.24. The number of amides is 3. The average molecular weight is 379 g/mol. The maximum absolute atomic E-state index is 12.9. The van der Waals surface area contributed by atoms with Gasteiger partial charge in [-0.1, -0.05) is 42.5 Å². The van der Waals surface area contributed by atoms with Crippen molar-refractivity contribution in [1.29, 1.82) is 0 Å². The first-order valence-electron chi connectivity index (χ1n) is 8.14. The molecule has 0 aliphatic rings. The second kappa shape index (κ2) is 8.29. The van der Waals surface area contributed by atoms with Crippen LogP contribution in [0.1, 0.15) is 31.6 Å². The summed E-state index contributed by atoms with van der Waals surface area (Å²) in [7, 11) is 0. The van der Waals surface area contributed by atoms with Crippen LogP contribution in [0.3, 0.4) is 0 Å². The number of primary amides is 1. The summed E-state index contributed by atoms with van der Waals surface area (Å²) in [5, 5.41) is 7.28. The molecule has 27 heavy (non-hydrogen) atoms. The van der Waals surface area contributed by atoms with Gasteiger partial charge in [-0.05, 0) is 35.2 Å². The van der Waals surface area contributed by atoms with Gasteiger partial charge in [-0.2, -0.15) is 0 Å². The second-order valence-corrected chi connectivity index (χ2v) is 6.68. The Morgan fingerprint density at radius 3 is 2.37 bits per heavy atom. The predicted molar refractivity (Wildman–Crippen MR) is 105 cm³/mol. The Hall–Kier alpha value is -3.45. The third kappa shape index (κ3) is 4.59. The van der Waals surface area contributed by atoms with Gasteiger partial charge in [-0.15, -0.1) is 11.3 Å². The molecular weight excluding hydrogens is 362 g/mol. The summed E-state index contributed by atoms with van der Waals surface area (Å²) in [5.41, 5.74) is 6.62. The summed E-state index contributed by atoms with van der Waals surface area (Å²) >= 11 is 1.29. The van der Waals surface area contributed by atoms with Crippen molar-refractivity contribution in [2.75, 3.05) is 5.32 Å². The van der Waals surface area contributed by atoms with E-state index in [9.17, 15) is 14.4 Å². The molecule has 3 amide bonds. The van der Waals surface area contributed by atoms with Gasteiger partial charge in [-0.25, -0.2) is 0 Å². The molecule has 6 nitrogen and oxygen atoms in total. The molecule has 2 aromatic carbocycles. The van der Waals surface area contributed by atoms with Gasteiger partial charge < -0.3 is 16.4 Å². The fourth-order valence-corrected chi connectivity index (χ4v) is 3.15. The molecule has 1 unspecified atom stereocenters. The number of nitrogens with two attached hydrogens (primary N) is 1. The summed E-state index contributed by atoms with van der Waals surface area (Å²) in [6.07, 6.45) is 0. The lowest BCUT2D eigenvalue weighted by molar-refractivity contribution is -0.118. The smallest absolute Gasteiger partial charge is 0.262 e. The number of carbonyl (C=O) groups excluding carboxylic acids is 3. The highest BCUT2D eigenvalue weighted by molar-refractivity contribution is 7.12. The van der Waals surface area contributed by atoms with Crippen LogP contribution in [0.4, 0.5) is 5.69 Å². The molecule has 0 saturated carbocycles. The number of anilines is 1. The molecule has 0 aliphatic carbocycles. The molecule has 1 heterocycles. The zero-order valence-corrected chi connectivity index (χ0v) is 15.0. The van der Waals surface area contributed by atoms with Crippen LogP contribution in [-0.4, -0.2) is 17.7 Å². The molecule has 0 saturated heterocycles. The van der Waals surface area contributed by atoms with E-state index < -0.39 is 17.9 Å². The summed E-state index contributed by atoms with van der Waals surface area (Å²) in [6.45, 7) is 0. The summed E-state index contributed by atoms with van der Waals surface area (Å²) in [5.74, 6) is -1.34. The van der Waals surface area contributed by atoms with E-state index in [0.717, 1.165) is 0 Å². The van der Waals surface area contributed by atoms with Gasteiger partial charge in [0.05, 0.1) is 4.88 Å². The molecule has 3 aromatic rings. The lowest BCUT2D eigenvalue weighted by atomic mass is 10.1. The van der Waals surface area contributed by atoms with E-state index in [4.69, 9.17) is 5.73 Å². The van der Waals surface area contributed by atoms with Crippen molar-refractivity contribution in [3.8, 4) is 0 Å². The first-order valence-corrected chi connectivity index (χ1v) is 9.02. The molecule has 1 aromatic heterocycles. The summed E-state index contributed by atoms with van der Waals surface area (Å²) in [6, 6.07) is 17.8. The number of carbonyl (C=O) groups is 3. The third-order valence-electron chi connectivity index (χ3n) is 3.83. The van der Waals surface area contributed by atoms with Gasteiger partial charge in [0.2, 0.25) is 5.91 Å². The molecule has 1 atom stereocenters. The van der Waals surface area contributed by atoms with E-state index in [1.165, 1.54) is 17.4 Å². The standard InChI is InChI=1S/C20H17N3O3S/c21-18(24)14-8-4-9-15(12-14)22-20(26)17(13-6-2-1-3-7-13)23-19(25)16-10-5-11-27-16/h1-12,17H,(H2,21,24)(H,22,26)(H,23,25). The van der Waals surface area contributed by atoms with Crippen molar-refractivity contribution in [1.82, 2.24) is 5.32 Å². The number of benzene rings is 2. The van der Waals surface area contributed by atoms with Gasteiger partial charge in [0.1, 0.15) is 6.04 Å². The van der Waals surface area contributed by atoms with Crippen molar-refractivity contribution in [3.05, 3.63) is 88.1 Å². The predicted octanol–water partition coefficient (Wildman–Crippen LogP) is 2.96. The Kier molecular flexibility index (Phi) is 5.63. The highest BCUT2D eigenvalue weighted by Crippen LogP contribution is 2.19. The molecule has 0 aliphatic heterocycles. The van der Waals surface area contributed by atoms with Crippen LogP contribution in [-0.2, 0) is 4.79 Å². The quantitative estimate of drug-likeness (QED) is 0.614. The minimum atomic E-state index is -0.891. The largest absolute Gasteiger partial charge is 0.366 e. The van der Waals surface area contributed by atoms with Crippen LogP contribution in [0.5, 0.6) is 0 Å². The van der Waals surface area contributed by atoms with E-state index in [1.54, 1.807) is 60.0 Å². The minimum Gasteiger partial charge on any atom is -0.366 e. The molecule has 0 fully saturated rings. The minimum absolute atomic E-state index is 0.284. The van der Waals surface area contributed by atoms with Gasteiger partial charge in [0, 0.05) is 11.3 Å². The molecule has 0 radical (unpaired) electrons. The summed E-state index contributed by atoms with van der Waals surface area (Å²) in [4.78, 5) is 37.1. The van der Waals surface area contributed by atoms with Gasteiger partial charge in [-0.3, -0.25) is 14.4 Å². The molecule has 0 spiro atoms. The van der Waals surface area contributed by atoms with Crippen LogP contribution >= 0.6 is 11.3 Å². The van der Waals surface area contributed by atoms with Crippen LogP contribution in [0, 0.1) is 0 Å². The number of nitrogens with one attached hydrogen (secondary N) is 2. The molecular formula is C20H17N3O3S. The van der Waals surface area contributed by atoms with E-state index in [-0.39, 0.29) is 11.5 Å². The van der Waals surface area contributed by atoms with E-state index in [1.807, 2.05) is 6.07 Å². The topological polar surface area (TPSA) is 101 Å².